The van der Waals surface area contributed by atoms with Crippen molar-refractivity contribution in [2.75, 3.05) is 36.4 Å². The minimum Gasteiger partial charge on any atom is -0.444 e. The maximum absolute atomic E-state index is 12.4. The Kier molecular flexibility index (Phi) is 5.51. The van der Waals surface area contributed by atoms with Gasteiger partial charge in [0.1, 0.15) is 18.0 Å². The Hall–Kier alpha value is -3.81. The second kappa shape index (κ2) is 8.52. The molecule has 11 nitrogen and oxygen atoms in total. The molecule has 2 fully saturated rings. The second-order valence-corrected chi connectivity index (χ2v) is 9.68. The van der Waals surface area contributed by atoms with Gasteiger partial charge >= 0.3 is 6.09 Å². The van der Waals surface area contributed by atoms with Gasteiger partial charge in [0, 0.05) is 43.9 Å². The van der Waals surface area contributed by atoms with E-state index in [1.807, 2.05) is 26.8 Å². The minimum absolute atomic E-state index is 0.303. The molecule has 1 saturated carbocycles. The van der Waals surface area contributed by atoms with Gasteiger partial charge in [-0.2, -0.15) is 20.2 Å². The number of aromatic amines is 1. The summed E-state index contributed by atoms with van der Waals surface area (Å²) in [5.41, 5.74) is 1.26. The third-order valence-electron chi connectivity index (χ3n) is 5.80. The molecule has 3 aromatic rings. The molecule has 5 rings (SSSR count). The van der Waals surface area contributed by atoms with E-state index in [-0.39, 0.29) is 6.09 Å². The lowest BCUT2D eigenvalue weighted by atomic mass is 10.2. The predicted octanol–water partition coefficient (Wildman–Crippen LogP) is 2.86. The Morgan fingerprint density at radius 2 is 2.03 bits per heavy atom. The first kappa shape index (κ1) is 22.0. The summed E-state index contributed by atoms with van der Waals surface area (Å²) >= 11 is 0. The molecule has 0 unspecified atom stereocenters. The zero-order valence-electron chi connectivity index (χ0n) is 19.7. The highest BCUT2D eigenvalue weighted by atomic mass is 16.6. The number of rotatable bonds is 5. The van der Waals surface area contributed by atoms with Crippen molar-refractivity contribution in [2.24, 2.45) is 0 Å². The molecule has 0 atom stereocenters. The highest BCUT2D eigenvalue weighted by Gasteiger charge is 2.28. The summed E-state index contributed by atoms with van der Waals surface area (Å²) in [5, 5.41) is 16.0. The molecule has 11 heteroatoms. The molecule has 0 radical (unpaired) electrons. The van der Waals surface area contributed by atoms with Crippen LogP contribution in [0.15, 0.2) is 12.3 Å². The van der Waals surface area contributed by atoms with Crippen molar-refractivity contribution in [3.8, 4) is 12.3 Å². The van der Waals surface area contributed by atoms with E-state index < -0.39 is 5.60 Å². The molecule has 0 aromatic carbocycles. The van der Waals surface area contributed by atoms with Crippen LogP contribution in [0, 0.1) is 12.3 Å². The van der Waals surface area contributed by atoms with Crippen molar-refractivity contribution in [1.29, 1.82) is 0 Å². The van der Waals surface area contributed by atoms with Crippen molar-refractivity contribution in [3.05, 3.63) is 18.0 Å². The lowest BCUT2D eigenvalue weighted by molar-refractivity contribution is 0.0240. The molecule has 4 heterocycles. The topological polar surface area (TPSA) is 117 Å². The molecule has 1 aliphatic heterocycles. The zero-order valence-corrected chi connectivity index (χ0v) is 19.7. The maximum atomic E-state index is 12.4. The SMILES string of the molecule is C#CCn1ncc2c(Nc3cc(C4CC4)[nH]n3)nc(N3CCN(C(=O)OC(C)(C)C)CC3)nc21. The number of carbonyl (C=O) groups is 1. The van der Waals surface area contributed by atoms with Gasteiger partial charge in [-0.15, -0.1) is 6.42 Å². The van der Waals surface area contributed by atoms with Crippen molar-refractivity contribution >= 4 is 34.7 Å². The lowest BCUT2D eigenvalue weighted by Gasteiger charge is -2.35. The molecular weight excluding hydrogens is 434 g/mol. The van der Waals surface area contributed by atoms with Gasteiger partial charge in [0.25, 0.3) is 0 Å². The summed E-state index contributed by atoms with van der Waals surface area (Å²) in [5.74, 6) is 5.06. The van der Waals surface area contributed by atoms with Crippen LogP contribution in [0.2, 0.25) is 0 Å². The van der Waals surface area contributed by atoms with E-state index >= 15 is 0 Å². The van der Waals surface area contributed by atoms with Crippen LogP contribution in [0.3, 0.4) is 0 Å². The van der Waals surface area contributed by atoms with Crippen LogP contribution in [-0.2, 0) is 11.3 Å². The third kappa shape index (κ3) is 4.62. The van der Waals surface area contributed by atoms with Gasteiger partial charge in [-0.05, 0) is 33.6 Å². The average molecular weight is 464 g/mol. The second-order valence-electron chi connectivity index (χ2n) is 9.68. The Balaban J connectivity index is 1.39. The molecule has 3 aromatic heterocycles. The van der Waals surface area contributed by atoms with Crippen LogP contribution < -0.4 is 10.2 Å². The molecule has 0 spiro atoms. The summed E-state index contributed by atoms with van der Waals surface area (Å²) in [6, 6.07) is 2.02. The van der Waals surface area contributed by atoms with Crippen LogP contribution in [0.5, 0.6) is 0 Å². The minimum atomic E-state index is -0.524. The zero-order chi connectivity index (χ0) is 23.9. The van der Waals surface area contributed by atoms with Crippen LogP contribution in [0.25, 0.3) is 11.0 Å². The first-order valence-electron chi connectivity index (χ1n) is 11.5. The highest BCUT2D eigenvalue weighted by molar-refractivity contribution is 5.89. The Morgan fingerprint density at radius 1 is 1.26 bits per heavy atom. The summed E-state index contributed by atoms with van der Waals surface area (Å²) in [6.45, 7) is 8.12. The van der Waals surface area contributed by atoms with Gasteiger partial charge in [-0.25, -0.2) is 9.48 Å². The molecule has 0 bridgehead atoms. The molecule has 1 amide bonds. The number of hydrogen-bond acceptors (Lipinski definition) is 8. The van der Waals surface area contributed by atoms with E-state index in [0.717, 1.165) is 11.1 Å². The van der Waals surface area contributed by atoms with Gasteiger partial charge in [-0.3, -0.25) is 5.10 Å². The molecule has 2 aliphatic rings. The monoisotopic (exact) mass is 463 g/mol. The normalized spacial score (nSPS) is 16.5. The fourth-order valence-corrected chi connectivity index (χ4v) is 3.92. The Morgan fingerprint density at radius 3 is 2.71 bits per heavy atom. The summed E-state index contributed by atoms with van der Waals surface area (Å²) in [4.78, 5) is 25.8. The van der Waals surface area contributed by atoms with E-state index in [1.165, 1.54) is 12.8 Å². The summed E-state index contributed by atoms with van der Waals surface area (Å²) in [6.07, 6.45) is 9.33. The van der Waals surface area contributed by atoms with E-state index in [2.05, 4.69) is 31.4 Å². The number of H-pyrrole nitrogens is 1. The number of nitrogens with zero attached hydrogens (tertiary/aromatic N) is 7. The number of anilines is 3. The maximum Gasteiger partial charge on any atom is 0.410 e. The number of nitrogens with one attached hydrogen (secondary N) is 2. The largest absolute Gasteiger partial charge is 0.444 e. The summed E-state index contributed by atoms with van der Waals surface area (Å²) in [7, 11) is 0. The predicted molar refractivity (Wildman–Crippen MR) is 128 cm³/mol. The summed E-state index contributed by atoms with van der Waals surface area (Å²) < 4.78 is 7.19. The molecule has 178 valence electrons. The van der Waals surface area contributed by atoms with Crippen molar-refractivity contribution in [1.82, 2.24) is 34.8 Å². The van der Waals surface area contributed by atoms with Gasteiger partial charge in [0.2, 0.25) is 5.95 Å². The molecule has 34 heavy (non-hydrogen) atoms. The lowest BCUT2D eigenvalue weighted by Crippen LogP contribution is -2.50. The number of hydrogen-bond donors (Lipinski definition) is 2. The van der Waals surface area contributed by atoms with Crippen LogP contribution in [0.4, 0.5) is 22.4 Å². The Labute approximate surface area is 197 Å². The van der Waals surface area contributed by atoms with Crippen LogP contribution in [-0.4, -0.2) is 72.7 Å². The van der Waals surface area contributed by atoms with Crippen LogP contribution in [0.1, 0.15) is 45.2 Å². The van der Waals surface area contributed by atoms with Gasteiger partial charge in [0.15, 0.2) is 11.5 Å². The molecule has 2 N–H and O–H groups in total. The first-order valence-corrected chi connectivity index (χ1v) is 11.5. The van der Waals surface area contributed by atoms with Crippen LogP contribution >= 0.6 is 0 Å². The van der Waals surface area contributed by atoms with E-state index in [9.17, 15) is 4.79 Å². The van der Waals surface area contributed by atoms with Crippen molar-refractivity contribution in [2.45, 2.75) is 51.7 Å². The number of terminal acetylenes is 1. The average Bonchev–Trinajstić information content (AvgIpc) is 3.41. The number of piperazine rings is 1. The van der Waals surface area contributed by atoms with Gasteiger partial charge in [-0.1, -0.05) is 5.92 Å². The van der Waals surface area contributed by atoms with Gasteiger partial charge < -0.3 is 19.9 Å². The Bertz CT molecular complexity index is 1240. The smallest absolute Gasteiger partial charge is 0.410 e. The highest BCUT2D eigenvalue weighted by Crippen LogP contribution is 2.40. The number of fused-ring (bicyclic) bond motifs is 1. The van der Waals surface area contributed by atoms with E-state index in [1.54, 1.807) is 15.8 Å². The quantitative estimate of drug-likeness (QED) is 0.555. The number of aromatic nitrogens is 6. The third-order valence-corrected chi connectivity index (χ3v) is 5.80. The number of carbonyl (C=O) groups excluding carboxylic acids is 1. The van der Waals surface area contributed by atoms with Crippen molar-refractivity contribution in [3.63, 3.8) is 0 Å². The standard InChI is InChI=1S/C23H29N9O2/c1-5-8-32-20-16(14-24-32)19(25-18-13-17(28-29-18)15-6-7-15)26-21(27-20)30-9-11-31(12-10-30)22(33)34-23(2,3)4/h1,13-15H,6-12H2,2-4H3,(H2,25,26,27,28,29). The number of amides is 1. The first-order chi connectivity index (χ1) is 16.3. The van der Waals surface area contributed by atoms with E-state index in [0.29, 0.717) is 61.9 Å². The molecular formula is C23H29N9O2. The molecule has 1 saturated heterocycles. The van der Waals surface area contributed by atoms with Gasteiger partial charge in [0.05, 0.1) is 11.6 Å². The fraction of sp³-hybridized carbons (Fsp3) is 0.522. The number of ether oxygens (including phenoxy) is 1. The molecule has 1 aliphatic carbocycles. The van der Waals surface area contributed by atoms with Crippen molar-refractivity contribution < 1.29 is 9.53 Å². The fourth-order valence-electron chi connectivity index (χ4n) is 3.92. The van der Waals surface area contributed by atoms with E-state index in [4.69, 9.17) is 21.1 Å².